The van der Waals surface area contributed by atoms with Gasteiger partial charge in [0.25, 0.3) is 0 Å². The fourth-order valence-electron chi connectivity index (χ4n) is 0. The summed E-state index contributed by atoms with van der Waals surface area (Å²) in [4.78, 5) is 22.6. The van der Waals surface area contributed by atoms with Crippen molar-refractivity contribution in [3.8, 4) is 0 Å². The Kier molecular flexibility index (Phi) is 88.1. The van der Waals surface area contributed by atoms with Gasteiger partial charge in [-0.25, -0.2) is 0 Å². The molecule has 0 radical (unpaired) electrons. The summed E-state index contributed by atoms with van der Waals surface area (Å²) in [5.74, 6) is 0. The standard InChI is InChI=1S/CH2O3.2Ca.2Na.H2O3Si.4H/c2-1(3)4;;;;;1-4(2)3;;;;/h(H2,2,3,4);;;;;1-2H;;;;/q;2*+2;2*+1;;4*-1/p-2. The molecule has 0 saturated heterocycles. The zero-order valence-corrected chi connectivity index (χ0v) is 16.4. The summed E-state index contributed by atoms with van der Waals surface area (Å²) in [5.41, 5.74) is 0. The molecule has 12 heavy (non-hydrogen) atoms. The molecule has 0 aliphatic carbocycles. The molecule has 2 N–H and O–H groups in total. The molecule has 0 aliphatic rings. The average Bonchev–Trinajstić information content (AvgIpc) is 1.25. The summed E-state index contributed by atoms with van der Waals surface area (Å²) in [6.45, 7) is 0. The normalized spacial score (nSPS) is 4.00. The van der Waals surface area contributed by atoms with Crippen LogP contribution in [0, 0.1) is 0 Å². The zero-order chi connectivity index (χ0) is 7.15. The maximum absolute atomic E-state index is 8.74. The Hall–Kier alpha value is 3.41. The van der Waals surface area contributed by atoms with Gasteiger partial charge in [0.15, 0.2) is 0 Å². The van der Waals surface area contributed by atoms with Crippen LogP contribution >= 0.6 is 0 Å². The molecule has 0 amide bonds. The third-order valence-electron chi connectivity index (χ3n) is 0. The minimum absolute atomic E-state index is 0. The molecule has 6 nitrogen and oxygen atoms in total. The van der Waals surface area contributed by atoms with Gasteiger partial charge in [-0.05, 0) is 6.16 Å². The van der Waals surface area contributed by atoms with Gasteiger partial charge in [0.05, 0.1) is 0 Å². The van der Waals surface area contributed by atoms with E-state index in [1.807, 2.05) is 0 Å². The van der Waals surface area contributed by atoms with Gasteiger partial charge < -0.3 is 30.3 Å². The molecule has 0 aromatic rings. The van der Waals surface area contributed by atoms with Crippen LogP contribution in [-0.2, 0) is 4.46 Å². The average molecular weight is 268 g/mol. The Bertz CT molecular complexity index is 94.5. The topological polar surface area (TPSA) is 121 Å². The predicted molar refractivity (Wildman–Crippen MR) is 32.2 cm³/mol. The van der Waals surface area contributed by atoms with E-state index < -0.39 is 15.3 Å². The largest absolute Gasteiger partial charge is 2.00 e. The van der Waals surface area contributed by atoms with E-state index in [0.717, 1.165) is 0 Å². The summed E-state index contributed by atoms with van der Waals surface area (Å²) >= 11 is 0. The number of hydrogen-bond acceptors (Lipinski definition) is 4. The van der Waals surface area contributed by atoms with Crippen LogP contribution in [0.5, 0.6) is 0 Å². The maximum Gasteiger partial charge on any atom is 2.00 e. The molecule has 0 atom stereocenters. The summed E-state index contributed by atoms with van der Waals surface area (Å²) in [6.07, 6.45) is -2.33. The second kappa shape index (κ2) is 29.3. The second-order valence-electron chi connectivity index (χ2n) is 0.533. The predicted octanol–water partition coefficient (Wildman–Crippen LogP) is -10.4. The SMILES string of the molecule is O=C([O-])[O-].O=[Si](O)O.[Ca+2].[Ca+2].[H-].[H-].[H-].[H-].[Na+].[Na+]. The van der Waals surface area contributed by atoms with Gasteiger partial charge in [0, 0.05) is 0 Å². The zero-order valence-electron chi connectivity index (χ0n) is 10.9. The molecule has 0 fully saturated rings. The van der Waals surface area contributed by atoms with Crippen LogP contribution in [0.3, 0.4) is 0 Å². The molecule has 0 rings (SSSR count). The van der Waals surface area contributed by atoms with E-state index in [4.69, 9.17) is 29.1 Å². The van der Waals surface area contributed by atoms with Crippen molar-refractivity contribution in [2.24, 2.45) is 0 Å². The molecule has 0 unspecified atom stereocenters. The molecular weight excluding hydrogens is 262 g/mol. The number of carbonyl (C=O) groups is 1. The molecular formula is CH6Ca2Na2O6Si. The van der Waals surface area contributed by atoms with E-state index in [1.54, 1.807) is 0 Å². The van der Waals surface area contributed by atoms with Crippen molar-refractivity contribution in [1.82, 2.24) is 0 Å². The van der Waals surface area contributed by atoms with E-state index in [1.165, 1.54) is 0 Å². The molecule has 0 aromatic carbocycles. The molecule has 0 saturated carbocycles. The number of rotatable bonds is 0. The van der Waals surface area contributed by atoms with Crippen LogP contribution in [0.1, 0.15) is 5.71 Å². The molecule has 56 valence electrons. The Morgan fingerprint density at radius 2 is 1.17 bits per heavy atom. The summed E-state index contributed by atoms with van der Waals surface area (Å²) in [6, 6.07) is 0. The van der Waals surface area contributed by atoms with Gasteiger partial charge in [-0.15, -0.1) is 0 Å². The van der Waals surface area contributed by atoms with Crippen LogP contribution in [0.25, 0.3) is 0 Å². The number of hydrogen-bond donors (Lipinski definition) is 2. The molecule has 11 heteroatoms. The van der Waals surface area contributed by atoms with E-state index in [0.29, 0.717) is 0 Å². The van der Waals surface area contributed by atoms with Crippen molar-refractivity contribution in [1.29, 1.82) is 0 Å². The van der Waals surface area contributed by atoms with Crippen molar-refractivity contribution < 1.29 is 93.9 Å². The fraction of sp³-hybridized carbons (Fsp3) is 0. The van der Waals surface area contributed by atoms with Crippen molar-refractivity contribution in [3.63, 3.8) is 0 Å². The van der Waals surface area contributed by atoms with Crippen molar-refractivity contribution in [2.45, 2.75) is 0 Å². The summed E-state index contributed by atoms with van der Waals surface area (Å²) in [5, 5.41) is 16.7. The van der Waals surface area contributed by atoms with Gasteiger partial charge in [0.2, 0.25) is 0 Å². The van der Waals surface area contributed by atoms with E-state index >= 15 is 0 Å². The van der Waals surface area contributed by atoms with Gasteiger partial charge >= 0.3 is 144 Å². The number of carboxylic acid groups (broad SMARTS) is 2. The number of carbonyl (C=O) groups excluding carboxylic acids is 1. The smallest absolute Gasteiger partial charge is 1.00 e. The molecule has 0 spiro atoms. The minimum Gasteiger partial charge on any atom is -1.00 e. The molecule has 0 heterocycles. The first kappa shape index (κ1) is 36.1. The van der Waals surface area contributed by atoms with Gasteiger partial charge in [-0.2, -0.15) is 0 Å². The third-order valence-corrected chi connectivity index (χ3v) is 0. The second-order valence-corrected chi connectivity index (χ2v) is 1.10. The van der Waals surface area contributed by atoms with Gasteiger partial charge in [0.1, 0.15) is 0 Å². The molecule has 0 aliphatic heterocycles. The van der Waals surface area contributed by atoms with Crippen LogP contribution in [0.2, 0.25) is 0 Å². The molecule has 0 bridgehead atoms. The monoisotopic (exact) mass is 268 g/mol. The van der Waals surface area contributed by atoms with Crippen molar-refractivity contribution in [2.75, 3.05) is 0 Å². The Morgan fingerprint density at radius 1 is 1.17 bits per heavy atom. The summed E-state index contributed by atoms with van der Waals surface area (Å²) in [7, 11) is -3.13. The summed E-state index contributed by atoms with van der Waals surface area (Å²) < 4.78 is 8.74. The van der Waals surface area contributed by atoms with Crippen LogP contribution < -0.4 is 69.3 Å². The first-order valence-electron chi connectivity index (χ1n) is 1.26. The molecule has 0 aromatic heterocycles. The Balaban J connectivity index is -0.00000000375. The quantitative estimate of drug-likeness (QED) is 0.421. The van der Waals surface area contributed by atoms with E-state index in [-0.39, 0.29) is 140 Å². The minimum atomic E-state index is -3.13. The fourth-order valence-corrected chi connectivity index (χ4v) is 0. The Labute approximate surface area is 181 Å². The van der Waals surface area contributed by atoms with Crippen molar-refractivity contribution in [3.05, 3.63) is 0 Å². The Morgan fingerprint density at radius 3 is 1.17 bits per heavy atom. The van der Waals surface area contributed by atoms with E-state index in [9.17, 15) is 0 Å². The maximum atomic E-state index is 8.74. The van der Waals surface area contributed by atoms with Crippen LogP contribution in [-0.4, -0.2) is 100 Å². The van der Waals surface area contributed by atoms with Gasteiger partial charge in [-0.1, -0.05) is 0 Å². The van der Waals surface area contributed by atoms with Gasteiger partial charge in [-0.3, -0.25) is 4.46 Å². The first-order valence-corrected chi connectivity index (χ1v) is 2.57. The third kappa shape index (κ3) is 178. The van der Waals surface area contributed by atoms with Crippen LogP contribution in [0.4, 0.5) is 4.79 Å². The first-order chi connectivity index (χ1) is 3.46. The van der Waals surface area contributed by atoms with E-state index in [2.05, 4.69) is 0 Å². The van der Waals surface area contributed by atoms with Crippen molar-refractivity contribution >= 4 is 90.8 Å². The van der Waals surface area contributed by atoms with Crippen LogP contribution in [0.15, 0.2) is 0 Å².